The Balaban J connectivity index is 0.00000280. The second-order valence-corrected chi connectivity index (χ2v) is 6.15. The Morgan fingerprint density at radius 2 is 1.75 bits per heavy atom. The van der Waals surface area contributed by atoms with E-state index in [4.69, 9.17) is 5.73 Å². The van der Waals surface area contributed by atoms with E-state index in [1.807, 2.05) is 30.3 Å². The Bertz CT molecular complexity index is 826. The van der Waals surface area contributed by atoms with Gasteiger partial charge in [-0.3, -0.25) is 4.79 Å². The number of carbonyl (C=O) groups excluding carboxylic acids is 1. The minimum Gasteiger partial charge on any atom is -0.370 e. The highest BCUT2D eigenvalue weighted by Gasteiger charge is 2.20. The topological polar surface area (TPSA) is 74.0 Å². The molecular weight excluding hydrogens is 479 g/mol. The Hall–Kier alpha value is -2.43. The number of rotatable bonds is 4. The van der Waals surface area contributed by atoms with Crippen LogP contribution in [-0.4, -0.2) is 49.5 Å². The number of guanidine groups is 1. The summed E-state index contributed by atoms with van der Waals surface area (Å²) in [7, 11) is 0. The number of aliphatic imine (C=N–C) groups is 1. The summed E-state index contributed by atoms with van der Waals surface area (Å²) in [6.07, 6.45) is 0. The maximum Gasteiger partial charge on any atom is 0.244 e. The van der Waals surface area contributed by atoms with E-state index in [9.17, 15) is 13.6 Å². The number of anilines is 2. The van der Waals surface area contributed by atoms with Crippen LogP contribution in [0.4, 0.5) is 20.2 Å². The van der Waals surface area contributed by atoms with Crippen LogP contribution >= 0.6 is 24.0 Å². The number of halogens is 3. The van der Waals surface area contributed by atoms with Crippen molar-refractivity contribution in [1.82, 2.24) is 4.90 Å². The molecule has 1 heterocycles. The SMILES string of the molecule is I.NC(=NCC(=O)N1CCN(c2ccccc2)CC1)Nc1cc(F)ccc1F. The first kappa shape index (κ1) is 21.9. The van der Waals surface area contributed by atoms with Crippen LogP contribution in [0.5, 0.6) is 0 Å². The van der Waals surface area contributed by atoms with Crippen LogP contribution in [0.3, 0.4) is 0 Å². The van der Waals surface area contributed by atoms with Crippen molar-refractivity contribution < 1.29 is 13.6 Å². The van der Waals surface area contributed by atoms with Crippen LogP contribution in [0.15, 0.2) is 53.5 Å². The van der Waals surface area contributed by atoms with Crippen molar-refractivity contribution in [2.75, 3.05) is 42.9 Å². The molecule has 0 bridgehead atoms. The van der Waals surface area contributed by atoms with E-state index in [1.54, 1.807) is 4.90 Å². The van der Waals surface area contributed by atoms with E-state index in [0.717, 1.165) is 37.0 Å². The highest BCUT2D eigenvalue weighted by Crippen LogP contribution is 2.16. The molecule has 1 aliphatic rings. The molecule has 1 fully saturated rings. The number of hydrogen-bond acceptors (Lipinski definition) is 3. The van der Waals surface area contributed by atoms with Gasteiger partial charge in [0.05, 0.1) is 5.69 Å². The number of para-hydroxylation sites is 1. The van der Waals surface area contributed by atoms with Gasteiger partial charge in [-0.05, 0) is 24.3 Å². The third-order valence-corrected chi connectivity index (χ3v) is 4.33. The summed E-state index contributed by atoms with van der Waals surface area (Å²) in [6.45, 7) is 2.51. The smallest absolute Gasteiger partial charge is 0.244 e. The highest BCUT2D eigenvalue weighted by atomic mass is 127. The second kappa shape index (κ2) is 10.2. The number of benzene rings is 2. The summed E-state index contributed by atoms with van der Waals surface area (Å²) in [4.78, 5) is 20.2. The van der Waals surface area contributed by atoms with Crippen molar-refractivity contribution in [1.29, 1.82) is 0 Å². The standard InChI is InChI=1S/C19H21F2N5O.HI/c20-14-6-7-16(21)17(12-14)24-19(22)23-13-18(27)26-10-8-25(9-11-26)15-4-2-1-3-5-15;/h1-7,12H,8-11,13H2,(H3,22,23,24);1H. The Morgan fingerprint density at radius 1 is 1.07 bits per heavy atom. The molecule has 3 rings (SSSR count). The van der Waals surface area contributed by atoms with Gasteiger partial charge in [0, 0.05) is 37.9 Å². The number of piperazine rings is 1. The summed E-state index contributed by atoms with van der Waals surface area (Å²) in [5, 5.41) is 2.47. The molecule has 0 atom stereocenters. The molecule has 0 saturated carbocycles. The predicted molar refractivity (Wildman–Crippen MR) is 117 cm³/mol. The summed E-state index contributed by atoms with van der Waals surface area (Å²) in [6, 6.07) is 13.0. The number of amides is 1. The average molecular weight is 501 g/mol. The van der Waals surface area contributed by atoms with Crippen LogP contribution in [-0.2, 0) is 4.79 Å². The quantitative estimate of drug-likeness (QED) is 0.384. The molecule has 28 heavy (non-hydrogen) atoms. The molecule has 9 heteroatoms. The highest BCUT2D eigenvalue weighted by molar-refractivity contribution is 14.0. The largest absolute Gasteiger partial charge is 0.370 e. The van der Waals surface area contributed by atoms with Crippen molar-refractivity contribution >= 4 is 47.2 Å². The molecule has 6 nitrogen and oxygen atoms in total. The van der Waals surface area contributed by atoms with Crippen molar-refractivity contribution in [3.8, 4) is 0 Å². The molecule has 0 radical (unpaired) electrons. The molecule has 1 aliphatic heterocycles. The summed E-state index contributed by atoms with van der Waals surface area (Å²) >= 11 is 0. The van der Waals surface area contributed by atoms with Crippen LogP contribution in [0.1, 0.15) is 0 Å². The van der Waals surface area contributed by atoms with Gasteiger partial charge >= 0.3 is 0 Å². The normalized spacial score (nSPS) is 14.4. The van der Waals surface area contributed by atoms with Gasteiger partial charge in [-0.15, -0.1) is 24.0 Å². The molecule has 0 spiro atoms. The first-order valence-corrected chi connectivity index (χ1v) is 8.62. The molecule has 1 amide bonds. The monoisotopic (exact) mass is 501 g/mol. The Labute approximate surface area is 179 Å². The van der Waals surface area contributed by atoms with E-state index >= 15 is 0 Å². The van der Waals surface area contributed by atoms with Crippen LogP contribution in [0, 0.1) is 11.6 Å². The molecule has 2 aromatic carbocycles. The fourth-order valence-electron chi connectivity index (χ4n) is 2.88. The van der Waals surface area contributed by atoms with E-state index < -0.39 is 11.6 Å². The van der Waals surface area contributed by atoms with Gasteiger partial charge in [0.25, 0.3) is 0 Å². The molecule has 150 valence electrons. The van der Waals surface area contributed by atoms with Gasteiger partial charge in [0.1, 0.15) is 18.2 Å². The number of carbonyl (C=O) groups is 1. The molecule has 3 N–H and O–H groups in total. The van der Waals surface area contributed by atoms with E-state index in [-0.39, 0.29) is 48.1 Å². The Morgan fingerprint density at radius 3 is 2.43 bits per heavy atom. The lowest BCUT2D eigenvalue weighted by Crippen LogP contribution is -2.49. The minimum absolute atomic E-state index is 0. The van der Waals surface area contributed by atoms with Crippen LogP contribution in [0.25, 0.3) is 0 Å². The first-order valence-electron chi connectivity index (χ1n) is 8.62. The van der Waals surface area contributed by atoms with Gasteiger partial charge in [0.15, 0.2) is 5.96 Å². The third kappa shape index (κ3) is 5.78. The maximum absolute atomic E-state index is 13.6. The maximum atomic E-state index is 13.6. The number of nitrogens with zero attached hydrogens (tertiary/aromatic N) is 3. The lowest BCUT2D eigenvalue weighted by Gasteiger charge is -2.35. The number of nitrogens with two attached hydrogens (primary N) is 1. The number of nitrogens with one attached hydrogen (secondary N) is 1. The van der Waals surface area contributed by atoms with Crippen LogP contribution in [0.2, 0.25) is 0 Å². The zero-order chi connectivity index (χ0) is 19.2. The summed E-state index contributed by atoms with van der Waals surface area (Å²) in [5.41, 5.74) is 6.68. The van der Waals surface area contributed by atoms with E-state index in [1.165, 1.54) is 0 Å². The fraction of sp³-hybridized carbons (Fsp3) is 0.263. The molecule has 0 aliphatic carbocycles. The van der Waals surface area contributed by atoms with E-state index in [0.29, 0.717) is 13.1 Å². The van der Waals surface area contributed by atoms with Gasteiger partial charge in [-0.2, -0.15) is 0 Å². The van der Waals surface area contributed by atoms with Gasteiger partial charge in [-0.25, -0.2) is 13.8 Å². The molecule has 0 unspecified atom stereocenters. The average Bonchev–Trinajstić information content (AvgIpc) is 2.70. The zero-order valence-corrected chi connectivity index (χ0v) is 17.5. The summed E-state index contributed by atoms with van der Waals surface area (Å²) < 4.78 is 26.7. The Kier molecular flexibility index (Phi) is 7.97. The van der Waals surface area contributed by atoms with Gasteiger partial charge in [0.2, 0.25) is 5.91 Å². The predicted octanol–water partition coefficient (Wildman–Crippen LogP) is 2.66. The van der Waals surface area contributed by atoms with Crippen LogP contribution < -0.4 is 16.0 Å². The molecule has 0 aromatic heterocycles. The second-order valence-electron chi connectivity index (χ2n) is 6.15. The fourth-order valence-corrected chi connectivity index (χ4v) is 2.88. The third-order valence-electron chi connectivity index (χ3n) is 4.33. The van der Waals surface area contributed by atoms with Crippen molar-refractivity contribution in [2.24, 2.45) is 10.7 Å². The minimum atomic E-state index is -0.655. The molecular formula is C19H22F2IN5O. The van der Waals surface area contributed by atoms with Crippen molar-refractivity contribution in [2.45, 2.75) is 0 Å². The summed E-state index contributed by atoms with van der Waals surface area (Å²) in [5.74, 6) is -1.56. The lowest BCUT2D eigenvalue weighted by molar-refractivity contribution is -0.129. The van der Waals surface area contributed by atoms with Crippen molar-refractivity contribution in [3.05, 3.63) is 60.2 Å². The van der Waals surface area contributed by atoms with Crippen molar-refractivity contribution in [3.63, 3.8) is 0 Å². The number of hydrogen-bond donors (Lipinski definition) is 2. The lowest BCUT2D eigenvalue weighted by atomic mass is 10.2. The van der Waals surface area contributed by atoms with Gasteiger partial charge < -0.3 is 20.9 Å². The molecule has 2 aromatic rings. The molecule has 1 saturated heterocycles. The van der Waals surface area contributed by atoms with E-state index in [2.05, 4.69) is 15.2 Å². The zero-order valence-electron chi connectivity index (χ0n) is 15.1. The van der Waals surface area contributed by atoms with Gasteiger partial charge in [-0.1, -0.05) is 18.2 Å². The first-order chi connectivity index (χ1) is 13.0.